The van der Waals surface area contributed by atoms with Gasteiger partial charge in [0.05, 0.1) is 10.9 Å². The third-order valence-electron chi connectivity index (χ3n) is 5.11. The SMILES string of the molecule is CCN(CC)S(=O)(=O)c1ccc(=O)n(CC(=O)N2CCCC2c2ccsc2)c1. The van der Waals surface area contributed by atoms with E-state index < -0.39 is 15.6 Å². The van der Waals surface area contributed by atoms with E-state index in [0.717, 1.165) is 18.4 Å². The highest BCUT2D eigenvalue weighted by atomic mass is 32.2. The summed E-state index contributed by atoms with van der Waals surface area (Å²) in [6, 6.07) is 4.56. The van der Waals surface area contributed by atoms with Crippen LogP contribution in [-0.4, -0.2) is 47.7 Å². The summed E-state index contributed by atoms with van der Waals surface area (Å²) < 4.78 is 28.0. The first-order chi connectivity index (χ1) is 13.4. The van der Waals surface area contributed by atoms with Gasteiger partial charge in [-0.25, -0.2) is 8.42 Å². The molecule has 2 aromatic heterocycles. The molecule has 0 bridgehead atoms. The lowest BCUT2D eigenvalue weighted by Gasteiger charge is -2.25. The minimum absolute atomic E-state index is 0.0250. The Morgan fingerprint density at radius 2 is 2.00 bits per heavy atom. The standard InChI is InChI=1S/C19H25N3O4S2/c1-3-21(4-2)28(25,26)16-7-8-18(23)20(12-16)13-19(24)22-10-5-6-17(22)15-9-11-27-14-15/h7-9,11-12,14,17H,3-6,10,13H2,1-2H3. The Kier molecular flexibility index (Phi) is 6.36. The molecule has 1 unspecified atom stereocenters. The monoisotopic (exact) mass is 423 g/mol. The second kappa shape index (κ2) is 8.59. The Morgan fingerprint density at radius 3 is 2.64 bits per heavy atom. The molecule has 1 aliphatic heterocycles. The summed E-state index contributed by atoms with van der Waals surface area (Å²) in [7, 11) is -3.69. The molecule has 9 heteroatoms. The molecule has 28 heavy (non-hydrogen) atoms. The fraction of sp³-hybridized carbons (Fsp3) is 0.474. The third kappa shape index (κ3) is 4.06. The van der Waals surface area contributed by atoms with Gasteiger partial charge in [-0.15, -0.1) is 0 Å². The van der Waals surface area contributed by atoms with Gasteiger partial charge in [0.25, 0.3) is 5.56 Å². The molecule has 0 radical (unpaired) electrons. The maximum atomic E-state index is 12.9. The number of carbonyl (C=O) groups excluding carboxylic acids is 1. The second-order valence-corrected chi connectivity index (χ2v) is 9.44. The van der Waals surface area contributed by atoms with Crippen LogP contribution >= 0.6 is 11.3 Å². The minimum atomic E-state index is -3.69. The molecular weight excluding hydrogens is 398 g/mol. The second-order valence-electron chi connectivity index (χ2n) is 6.72. The zero-order valence-electron chi connectivity index (χ0n) is 16.1. The lowest BCUT2D eigenvalue weighted by atomic mass is 10.1. The topological polar surface area (TPSA) is 79.7 Å². The van der Waals surface area contributed by atoms with Crippen LogP contribution in [0, 0.1) is 0 Å². The first-order valence-corrected chi connectivity index (χ1v) is 11.8. The zero-order valence-corrected chi connectivity index (χ0v) is 17.7. The van der Waals surface area contributed by atoms with Gasteiger partial charge < -0.3 is 9.47 Å². The van der Waals surface area contributed by atoms with E-state index in [9.17, 15) is 18.0 Å². The number of amides is 1. The first kappa shape index (κ1) is 20.8. The lowest BCUT2D eigenvalue weighted by molar-refractivity contribution is -0.132. The van der Waals surface area contributed by atoms with Crippen molar-refractivity contribution in [1.82, 2.24) is 13.8 Å². The van der Waals surface area contributed by atoms with Crippen molar-refractivity contribution in [2.45, 2.75) is 44.2 Å². The molecule has 1 fully saturated rings. The normalized spacial score (nSPS) is 17.4. The highest BCUT2D eigenvalue weighted by Gasteiger charge is 2.30. The van der Waals surface area contributed by atoms with E-state index in [1.165, 1.54) is 27.2 Å². The number of pyridine rings is 1. The Hall–Kier alpha value is -1.97. The summed E-state index contributed by atoms with van der Waals surface area (Å²) in [4.78, 5) is 27.0. The third-order valence-corrected chi connectivity index (χ3v) is 7.84. The molecule has 1 amide bonds. The molecule has 3 heterocycles. The number of hydrogen-bond donors (Lipinski definition) is 0. The summed E-state index contributed by atoms with van der Waals surface area (Å²) in [5.41, 5.74) is 0.721. The van der Waals surface area contributed by atoms with Gasteiger partial charge in [0.1, 0.15) is 6.54 Å². The van der Waals surface area contributed by atoms with Crippen LogP contribution in [0.4, 0.5) is 0 Å². The van der Waals surface area contributed by atoms with Crippen LogP contribution in [0.5, 0.6) is 0 Å². The molecule has 0 N–H and O–H groups in total. The van der Waals surface area contributed by atoms with Crippen molar-refractivity contribution in [1.29, 1.82) is 0 Å². The van der Waals surface area contributed by atoms with Gasteiger partial charge in [0, 0.05) is 31.9 Å². The van der Waals surface area contributed by atoms with E-state index in [1.807, 2.05) is 16.8 Å². The predicted molar refractivity (Wildman–Crippen MR) is 109 cm³/mol. The maximum absolute atomic E-state index is 12.9. The number of aromatic nitrogens is 1. The van der Waals surface area contributed by atoms with Crippen LogP contribution in [0.15, 0.2) is 44.8 Å². The smallest absolute Gasteiger partial charge is 0.251 e. The molecule has 2 aromatic rings. The van der Waals surface area contributed by atoms with E-state index in [1.54, 1.807) is 30.1 Å². The number of carbonyl (C=O) groups is 1. The Balaban J connectivity index is 1.84. The van der Waals surface area contributed by atoms with E-state index in [2.05, 4.69) is 0 Å². The van der Waals surface area contributed by atoms with Crippen molar-refractivity contribution >= 4 is 27.3 Å². The van der Waals surface area contributed by atoms with Crippen LogP contribution in [0.3, 0.4) is 0 Å². The molecule has 1 aliphatic rings. The van der Waals surface area contributed by atoms with Crippen molar-refractivity contribution in [3.63, 3.8) is 0 Å². The van der Waals surface area contributed by atoms with E-state index >= 15 is 0 Å². The summed E-state index contributed by atoms with van der Waals surface area (Å²) in [5.74, 6) is -0.173. The molecule has 0 spiro atoms. The molecule has 0 saturated carbocycles. The van der Waals surface area contributed by atoms with E-state index in [4.69, 9.17) is 0 Å². The predicted octanol–water partition coefficient (Wildman–Crippen LogP) is 2.30. The van der Waals surface area contributed by atoms with Crippen molar-refractivity contribution in [2.24, 2.45) is 0 Å². The summed E-state index contributed by atoms with van der Waals surface area (Å²) in [6.45, 7) is 4.68. The van der Waals surface area contributed by atoms with Crippen molar-refractivity contribution in [3.05, 3.63) is 51.1 Å². The Labute approximate surface area is 169 Å². The Bertz CT molecular complexity index is 979. The van der Waals surface area contributed by atoms with Crippen LogP contribution in [-0.2, 0) is 21.4 Å². The van der Waals surface area contributed by atoms with Crippen LogP contribution in [0.25, 0.3) is 0 Å². The first-order valence-electron chi connectivity index (χ1n) is 9.40. The zero-order chi connectivity index (χ0) is 20.3. The number of sulfonamides is 1. The Morgan fingerprint density at radius 1 is 1.25 bits per heavy atom. The van der Waals surface area contributed by atoms with Crippen molar-refractivity contribution in [3.8, 4) is 0 Å². The highest BCUT2D eigenvalue weighted by molar-refractivity contribution is 7.89. The molecule has 7 nitrogen and oxygen atoms in total. The number of hydrogen-bond acceptors (Lipinski definition) is 5. The van der Waals surface area contributed by atoms with Gasteiger partial charge in [-0.3, -0.25) is 9.59 Å². The number of thiophene rings is 1. The van der Waals surface area contributed by atoms with E-state index in [-0.39, 0.29) is 23.4 Å². The van der Waals surface area contributed by atoms with Gasteiger partial charge >= 0.3 is 0 Å². The largest absolute Gasteiger partial charge is 0.334 e. The number of likely N-dealkylation sites (tertiary alicyclic amines) is 1. The van der Waals surface area contributed by atoms with Gasteiger partial charge in [0.15, 0.2) is 0 Å². The van der Waals surface area contributed by atoms with Crippen LogP contribution in [0.1, 0.15) is 38.3 Å². The summed E-state index contributed by atoms with van der Waals surface area (Å²) >= 11 is 1.59. The number of rotatable bonds is 7. The van der Waals surface area contributed by atoms with Gasteiger partial charge in [-0.2, -0.15) is 15.6 Å². The highest BCUT2D eigenvalue weighted by Crippen LogP contribution is 2.33. The summed E-state index contributed by atoms with van der Waals surface area (Å²) in [6.07, 6.45) is 3.09. The van der Waals surface area contributed by atoms with Crippen LogP contribution < -0.4 is 5.56 Å². The summed E-state index contributed by atoms with van der Waals surface area (Å²) in [5, 5.41) is 4.03. The van der Waals surface area contributed by atoms with Crippen molar-refractivity contribution in [2.75, 3.05) is 19.6 Å². The van der Waals surface area contributed by atoms with Crippen molar-refractivity contribution < 1.29 is 13.2 Å². The average molecular weight is 424 g/mol. The maximum Gasteiger partial charge on any atom is 0.251 e. The van der Waals surface area contributed by atoms with Crippen LogP contribution in [0.2, 0.25) is 0 Å². The fourth-order valence-corrected chi connectivity index (χ4v) is 5.80. The molecule has 1 saturated heterocycles. The molecule has 1 atom stereocenters. The quantitative estimate of drug-likeness (QED) is 0.684. The molecular formula is C19H25N3O4S2. The molecule has 3 rings (SSSR count). The molecule has 0 aliphatic carbocycles. The minimum Gasteiger partial charge on any atom is -0.334 e. The fourth-order valence-electron chi connectivity index (χ4n) is 3.61. The van der Waals surface area contributed by atoms with E-state index in [0.29, 0.717) is 19.6 Å². The van der Waals surface area contributed by atoms with Gasteiger partial charge in [0.2, 0.25) is 15.9 Å². The van der Waals surface area contributed by atoms with Gasteiger partial charge in [-0.05, 0) is 41.3 Å². The number of nitrogens with zero attached hydrogens (tertiary/aromatic N) is 3. The molecule has 152 valence electrons. The lowest BCUT2D eigenvalue weighted by Crippen LogP contribution is -2.36. The average Bonchev–Trinajstić information content (AvgIpc) is 3.35. The van der Waals surface area contributed by atoms with Gasteiger partial charge in [-0.1, -0.05) is 13.8 Å². The molecule has 0 aromatic carbocycles.